The van der Waals surface area contributed by atoms with Crippen LogP contribution in [0.1, 0.15) is 80.2 Å². The number of phenols is 1. The molecule has 0 unspecified atom stereocenters. The monoisotopic (exact) mass is 677 g/mol. The fourth-order valence-electron chi connectivity index (χ4n) is 7.64. The molecule has 5 rings (SSSR count). The van der Waals surface area contributed by atoms with Crippen LogP contribution in [0.4, 0.5) is 32.0 Å². The van der Waals surface area contributed by atoms with Crippen LogP contribution < -0.4 is 4.90 Å². The highest BCUT2D eigenvalue weighted by Gasteiger charge is 2.57. The molecule has 0 spiro atoms. The van der Waals surface area contributed by atoms with Crippen molar-refractivity contribution in [1.29, 1.82) is 0 Å². The van der Waals surface area contributed by atoms with Gasteiger partial charge in [-0.25, -0.2) is 4.90 Å². The van der Waals surface area contributed by atoms with Gasteiger partial charge in [0.25, 0.3) is 0 Å². The van der Waals surface area contributed by atoms with E-state index < -0.39 is 72.0 Å². The number of alkyl halides is 6. The lowest BCUT2D eigenvalue weighted by Gasteiger charge is -2.43. The maximum atomic E-state index is 13.9. The zero-order valence-corrected chi connectivity index (χ0v) is 27.1. The van der Waals surface area contributed by atoms with Crippen LogP contribution in [-0.2, 0) is 26.6 Å². The minimum Gasteiger partial charge on any atom is -0.507 e. The first-order valence-electron chi connectivity index (χ1n) is 16.2. The van der Waals surface area contributed by atoms with E-state index in [-0.39, 0.29) is 24.6 Å². The molecule has 2 aliphatic heterocycles. The van der Waals surface area contributed by atoms with Crippen molar-refractivity contribution >= 4 is 30.7 Å². The van der Waals surface area contributed by atoms with E-state index in [0.717, 1.165) is 46.3 Å². The normalized spacial score (nSPS) is 23.6. The molecule has 3 aliphatic rings. The fourth-order valence-corrected chi connectivity index (χ4v) is 7.64. The number of aromatic hydroxyl groups is 1. The number of aryl methyl sites for hydroxylation is 2. The quantitative estimate of drug-likeness (QED) is 0.127. The smallest absolute Gasteiger partial charge is 0.455 e. The van der Waals surface area contributed by atoms with Gasteiger partial charge < -0.3 is 14.8 Å². The molecule has 2 N–H and O–H groups in total. The molecule has 2 saturated heterocycles. The average Bonchev–Trinajstić information content (AvgIpc) is 3.25. The number of hydrogen-bond acceptors (Lipinski definition) is 5. The van der Waals surface area contributed by atoms with E-state index >= 15 is 0 Å². The number of carbonyl (C=O) groups is 2. The second-order valence-corrected chi connectivity index (χ2v) is 13.0. The van der Waals surface area contributed by atoms with Gasteiger partial charge in [-0.2, -0.15) is 26.3 Å². The second-order valence-electron chi connectivity index (χ2n) is 13.0. The van der Waals surface area contributed by atoms with E-state index in [2.05, 4.69) is 6.08 Å². The summed E-state index contributed by atoms with van der Waals surface area (Å²) in [6.45, 7) is 7.57. The third-order valence-electron chi connectivity index (χ3n) is 9.75. The lowest BCUT2D eigenvalue weighted by Crippen LogP contribution is -2.46. The molecule has 0 saturated carbocycles. The third-order valence-corrected chi connectivity index (χ3v) is 9.75. The van der Waals surface area contributed by atoms with Crippen molar-refractivity contribution in [3.63, 3.8) is 0 Å². The molecule has 2 aromatic carbocycles. The highest BCUT2D eigenvalue weighted by atomic mass is 19.4. The van der Waals surface area contributed by atoms with E-state index in [9.17, 15) is 46.1 Å². The van der Waals surface area contributed by atoms with Crippen LogP contribution >= 0.6 is 0 Å². The summed E-state index contributed by atoms with van der Waals surface area (Å²) in [6.07, 6.45) is -5.63. The first-order valence-corrected chi connectivity index (χ1v) is 16.2. The van der Waals surface area contributed by atoms with Gasteiger partial charge in [0.1, 0.15) is 5.75 Å². The van der Waals surface area contributed by atoms with Crippen LogP contribution in [0.5, 0.6) is 5.75 Å². The van der Waals surface area contributed by atoms with E-state index in [0.29, 0.717) is 36.3 Å². The van der Waals surface area contributed by atoms with Gasteiger partial charge in [0.2, 0.25) is 11.8 Å². The number of hydrogen-bond donors (Lipinski definition) is 2. The van der Waals surface area contributed by atoms with Crippen molar-refractivity contribution in [2.45, 2.75) is 91.0 Å². The number of benzene rings is 2. The first-order chi connectivity index (χ1) is 22.4. The minimum atomic E-state index is -5.15. The number of anilines is 1. The number of rotatable bonds is 8. The van der Waals surface area contributed by atoms with Crippen molar-refractivity contribution in [2.24, 2.45) is 17.8 Å². The minimum absolute atomic E-state index is 0.0382. The molecule has 48 heavy (non-hydrogen) atoms. The summed E-state index contributed by atoms with van der Waals surface area (Å²) >= 11 is 0. The van der Waals surface area contributed by atoms with Gasteiger partial charge in [0.05, 0.1) is 34.8 Å². The Kier molecular flexibility index (Phi) is 9.96. The van der Waals surface area contributed by atoms with Crippen LogP contribution in [0.3, 0.4) is 0 Å². The van der Waals surface area contributed by atoms with E-state index in [4.69, 9.17) is 4.65 Å². The van der Waals surface area contributed by atoms with Gasteiger partial charge in [-0.3, -0.25) is 9.59 Å². The predicted octanol–water partition coefficient (Wildman–Crippen LogP) is 8.42. The van der Waals surface area contributed by atoms with Gasteiger partial charge in [-0.15, -0.1) is 0 Å². The molecule has 0 bridgehead atoms. The molecule has 2 fully saturated rings. The van der Waals surface area contributed by atoms with Gasteiger partial charge >= 0.3 is 19.5 Å². The summed E-state index contributed by atoms with van der Waals surface area (Å²) < 4.78 is 87.9. The summed E-state index contributed by atoms with van der Waals surface area (Å²) in [4.78, 5) is 28.1. The predicted molar refractivity (Wildman–Crippen MR) is 169 cm³/mol. The first kappa shape index (κ1) is 35.7. The molecular weight excluding hydrogens is 639 g/mol. The van der Waals surface area contributed by atoms with Crippen molar-refractivity contribution in [1.82, 2.24) is 0 Å². The zero-order chi connectivity index (χ0) is 35.3. The molecule has 13 heteroatoms. The summed E-state index contributed by atoms with van der Waals surface area (Å²) in [5.41, 5.74) is 1.14. The maximum Gasteiger partial charge on any atom is 0.455 e. The van der Waals surface area contributed by atoms with Gasteiger partial charge in [0.15, 0.2) is 0 Å². The summed E-state index contributed by atoms with van der Waals surface area (Å²) in [6, 6.07) is 4.55. The van der Waals surface area contributed by atoms with Crippen LogP contribution in [0, 0.1) is 31.6 Å². The Balaban J connectivity index is 1.47. The molecule has 0 radical (unpaired) electrons. The van der Waals surface area contributed by atoms with Crippen molar-refractivity contribution in [2.75, 3.05) is 4.90 Å². The van der Waals surface area contributed by atoms with E-state index in [1.807, 2.05) is 39.8 Å². The lowest BCUT2D eigenvalue weighted by atomic mass is 9.58. The molecule has 2 amide bonds. The molecule has 258 valence electrons. The van der Waals surface area contributed by atoms with Crippen molar-refractivity contribution < 1.29 is 50.7 Å². The van der Waals surface area contributed by atoms with Gasteiger partial charge in [-0.05, 0) is 111 Å². The van der Waals surface area contributed by atoms with Crippen LogP contribution in [-0.4, -0.2) is 35.2 Å². The summed E-state index contributed by atoms with van der Waals surface area (Å²) in [5.74, 6) is -4.24. The highest BCUT2D eigenvalue weighted by Crippen LogP contribution is 2.52. The number of halogens is 6. The topological polar surface area (TPSA) is 87.1 Å². The molecule has 2 heterocycles. The number of imide groups is 1. The van der Waals surface area contributed by atoms with Crippen molar-refractivity contribution in [3.05, 3.63) is 74.9 Å². The Labute approximate surface area is 275 Å². The molecule has 2 aromatic rings. The third kappa shape index (κ3) is 6.94. The summed E-state index contributed by atoms with van der Waals surface area (Å²) in [7, 11) is -1.29. The highest BCUT2D eigenvalue weighted by molar-refractivity contribution is 6.43. The van der Waals surface area contributed by atoms with E-state index in [1.165, 1.54) is 0 Å². The Hall–Kier alpha value is -3.58. The lowest BCUT2D eigenvalue weighted by molar-refractivity contribution is -0.143. The van der Waals surface area contributed by atoms with Crippen LogP contribution in [0.25, 0.3) is 6.08 Å². The largest absolute Gasteiger partial charge is 0.507 e. The standard InChI is InChI=1S/C35H38BF6NO5/c1-5-7-20(12-21-10-18(3)31(44)19(4)11-21)8-9-28-29-22(6-2)13-26-30(27(29)17-36(47)48-28)33(46)43(32(26)45)25-15-23(34(37,38)39)14-24(16-25)35(40,41)42/h10-12,14-16,26-28,30,44,47H,5-9,13,17H2,1-4H3/b20-12+/t26-,27+,28-,30-/m1/s1. The molecule has 1 aliphatic carbocycles. The number of fused-ring (bicyclic) bond motifs is 3. The van der Waals surface area contributed by atoms with Gasteiger partial charge in [-0.1, -0.05) is 37.5 Å². The Bertz CT molecular complexity index is 1610. The number of carbonyl (C=O) groups excluding carboxylic acids is 2. The molecule has 0 aromatic heterocycles. The Morgan fingerprint density at radius 1 is 0.938 bits per heavy atom. The van der Waals surface area contributed by atoms with Crippen LogP contribution in [0.2, 0.25) is 6.32 Å². The summed E-state index contributed by atoms with van der Waals surface area (Å²) in [5, 5.41) is 21.0. The van der Waals surface area contributed by atoms with Crippen molar-refractivity contribution in [3.8, 4) is 5.75 Å². The Morgan fingerprint density at radius 3 is 2.08 bits per heavy atom. The number of amides is 2. The second kappa shape index (κ2) is 13.4. The number of phenolic OH excluding ortho intramolecular Hbond substituents is 1. The van der Waals surface area contributed by atoms with Gasteiger partial charge in [0, 0.05) is 0 Å². The fraction of sp³-hybridized carbons (Fsp3) is 0.486. The molecule has 4 atom stereocenters. The number of allylic oxidation sites excluding steroid dienone is 2. The van der Waals surface area contributed by atoms with E-state index in [1.54, 1.807) is 0 Å². The zero-order valence-electron chi connectivity index (χ0n) is 27.1. The maximum absolute atomic E-state index is 13.9. The molecule has 6 nitrogen and oxygen atoms in total. The van der Waals surface area contributed by atoms with Crippen LogP contribution in [0.15, 0.2) is 47.1 Å². The SMILES string of the molecule is CCC/C(=C\c1cc(C)c(O)c(C)c1)CC[C@H]1OB(O)C[C@H]2C1=C(CC)C[C@H]1C(=O)N(c3cc(C(F)(F)F)cc(C(F)(F)F)c3)C(=O)[C@H]12. The average molecular weight is 677 g/mol. The number of nitrogens with zero attached hydrogens (tertiary/aromatic N) is 1. The Morgan fingerprint density at radius 2 is 1.54 bits per heavy atom. The molecular formula is C35H38BF6NO5.